The Morgan fingerprint density at radius 3 is 2.57 bits per heavy atom. The number of benzene rings is 1. The van der Waals surface area contributed by atoms with E-state index in [0.29, 0.717) is 29.2 Å². The van der Waals surface area contributed by atoms with Gasteiger partial charge >= 0.3 is 0 Å². The highest BCUT2D eigenvalue weighted by Crippen LogP contribution is 2.36. The Morgan fingerprint density at radius 1 is 1.23 bits per heavy atom. The molecule has 0 aliphatic carbocycles. The molecule has 2 N–H and O–H groups in total. The summed E-state index contributed by atoms with van der Waals surface area (Å²) in [4.78, 5) is 5.36. The molecule has 0 fully saturated rings. The molecule has 0 amide bonds. The Bertz CT molecular complexity index is 1200. The molecule has 3 rings (SSSR count). The molecule has 6 nitrogen and oxygen atoms in total. The van der Waals surface area contributed by atoms with Gasteiger partial charge in [0.1, 0.15) is 10.0 Å². The third-order valence-corrected chi connectivity index (χ3v) is 7.40. The fourth-order valence-electron chi connectivity index (χ4n) is 3.46. The Kier molecular flexibility index (Phi) is 6.46. The van der Waals surface area contributed by atoms with Gasteiger partial charge in [0.15, 0.2) is 0 Å². The summed E-state index contributed by atoms with van der Waals surface area (Å²) in [5.74, 6) is 1.62. The first-order chi connectivity index (χ1) is 14.1. The van der Waals surface area contributed by atoms with Crippen molar-refractivity contribution in [3.8, 4) is 17.2 Å². The zero-order valence-electron chi connectivity index (χ0n) is 17.6. The molecule has 30 heavy (non-hydrogen) atoms. The Balaban J connectivity index is 2.04. The Labute approximate surface area is 182 Å². The molecule has 2 heterocycles. The lowest BCUT2D eigenvalue weighted by molar-refractivity contribution is 0.600. The van der Waals surface area contributed by atoms with Crippen LogP contribution in [0, 0.1) is 17.2 Å². The third kappa shape index (κ3) is 4.81. The van der Waals surface area contributed by atoms with E-state index in [2.05, 4.69) is 38.7 Å². The van der Waals surface area contributed by atoms with E-state index in [0.717, 1.165) is 22.7 Å². The maximum Gasteiger partial charge on any atom is 0.248 e. The van der Waals surface area contributed by atoms with Gasteiger partial charge < -0.3 is 4.57 Å². The van der Waals surface area contributed by atoms with Crippen molar-refractivity contribution < 1.29 is 8.42 Å². The lowest BCUT2D eigenvalue weighted by Crippen LogP contribution is -2.11. The Hall–Kier alpha value is -2.47. The van der Waals surface area contributed by atoms with Gasteiger partial charge in [-0.1, -0.05) is 39.8 Å². The number of nitrogens with two attached hydrogens (primary N) is 1. The second kappa shape index (κ2) is 8.72. The van der Waals surface area contributed by atoms with Crippen LogP contribution in [-0.2, 0) is 23.0 Å². The minimum Gasteiger partial charge on any atom is -0.330 e. The molecule has 0 atom stereocenters. The van der Waals surface area contributed by atoms with Crippen molar-refractivity contribution >= 4 is 21.4 Å². The van der Waals surface area contributed by atoms with Gasteiger partial charge in [0.2, 0.25) is 10.0 Å². The molecule has 1 aromatic carbocycles. The largest absolute Gasteiger partial charge is 0.330 e. The number of sulfonamides is 1. The summed E-state index contributed by atoms with van der Waals surface area (Å²) in [6.45, 7) is 8.85. The van der Waals surface area contributed by atoms with Crippen molar-refractivity contribution in [1.29, 1.82) is 5.26 Å². The first kappa shape index (κ1) is 22.2. The van der Waals surface area contributed by atoms with Crippen LogP contribution in [0.1, 0.15) is 55.4 Å². The summed E-state index contributed by atoms with van der Waals surface area (Å²) >= 11 is 1.21. The number of hydrogen-bond donors (Lipinski definition) is 1. The predicted molar refractivity (Wildman–Crippen MR) is 120 cm³/mol. The molecule has 0 aliphatic heterocycles. The van der Waals surface area contributed by atoms with Gasteiger partial charge in [-0.05, 0) is 35.6 Å². The number of imidazole rings is 1. The molecule has 0 radical (unpaired) electrons. The molecule has 2 aromatic heterocycles. The molecular weight excluding hydrogens is 416 g/mol. The molecule has 0 saturated heterocycles. The average Bonchev–Trinajstić information content (AvgIpc) is 3.28. The van der Waals surface area contributed by atoms with Crippen LogP contribution >= 0.6 is 11.3 Å². The van der Waals surface area contributed by atoms with Gasteiger partial charge in [-0.15, -0.1) is 11.3 Å². The first-order valence-corrected chi connectivity index (χ1v) is 12.2. The molecule has 158 valence electrons. The minimum absolute atomic E-state index is 0.145. The number of hydrogen-bond acceptors (Lipinski definition) is 5. The van der Waals surface area contributed by atoms with E-state index in [4.69, 9.17) is 5.14 Å². The summed E-state index contributed by atoms with van der Waals surface area (Å²) in [7, 11) is -3.86. The number of aromatic nitrogens is 2. The number of primary sulfonamides is 1. The smallest absolute Gasteiger partial charge is 0.248 e. The summed E-state index contributed by atoms with van der Waals surface area (Å²) in [5.41, 5.74) is 2.61. The summed E-state index contributed by atoms with van der Waals surface area (Å²) in [6.07, 6.45) is 4.44. The van der Waals surface area contributed by atoms with Gasteiger partial charge in [-0.2, -0.15) is 5.26 Å². The second-order valence-corrected chi connectivity index (χ2v) is 11.0. The first-order valence-electron chi connectivity index (χ1n) is 9.80. The highest BCUT2D eigenvalue weighted by molar-refractivity contribution is 7.91. The zero-order chi connectivity index (χ0) is 22.1. The highest BCUT2D eigenvalue weighted by Gasteiger charge is 2.21. The highest BCUT2D eigenvalue weighted by atomic mass is 32.2. The van der Waals surface area contributed by atoms with E-state index < -0.39 is 10.0 Å². The molecule has 0 unspecified atom stereocenters. The van der Waals surface area contributed by atoms with Crippen LogP contribution in [0.25, 0.3) is 11.1 Å². The van der Waals surface area contributed by atoms with Crippen LogP contribution in [0.15, 0.2) is 40.9 Å². The van der Waals surface area contributed by atoms with E-state index in [1.807, 2.05) is 29.0 Å². The molecule has 0 aliphatic rings. The molecule has 0 bridgehead atoms. The van der Waals surface area contributed by atoms with Crippen molar-refractivity contribution in [3.63, 3.8) is 0 Å². The maximum atomic E-state index is 12.2. The number of nitriles is 1. The van der Waals surface area contributed by atoms with Crippen LogP contribution in [0.2, 0.25) is 0 Å². The van der Waals surface area contributed by atoms with Crippen LogP contribution in [0.3, 0.4) is 0 Å². The zero-order valence-corrected chi connectivity index (χ0v) is 19.2. The summed E-state index contributed by atoms with van der Waals surface area (Å²) < 4.78 is 26.5. The van der Waals surface area contributed by atoms with Gasteiger partial charge in [0, 0.05) is 28.8 Å². The monoisotopic (exact) mass is 442 g/mol. The lowest BCUT2D eigenvalue weighted by Gasteiger charge is -2.12. The van der Waals surface area contributed by atoms with E-state index in [9.17, 15) is 13.7 Å². The fraction of sp³-hybridized carbons (Fsp3) is 0.364. The van der Waals surface area contributed by atoms with Crippen molar-refractivity contribution in [2.24, 2.45) is 11.1 Å². The molecule has 0 saturated carbocycles. The van der Waals surface area contributed by atoms with E-state index in [1.165, 1.54) is 11.3 Å². The standard InChI is InChI=1S/C22H26N4O2S2/c1-14(2)9-19-11-20(22(29-19)30(24,27)28)16-5-6-17(18(10-16)12-23)13-26-8-7-25-21(26)15(3)4/h5-8,10-11,14-15H,9,13H2,1-4H3,(H2,24,27,28). The van der Waals surface area contributed by atoms with Crippen LogP contribution in [-0.4, -0.2) is 18.0 Å². The van der Waals surface area contributed by atoms with E-state index in [-0.39, 0.29) is 10.1 Å². The molecule has 3 aromatic rings. The number of thiophene rings is 1. The minimum atomic E-state index is -3.86. The maximum absolute atomic E-state index is 12.2. The lowest BCUT2D eigenvalue weighted by atomic mass is 10.00. The average molecular weight is 443 g/mol. The van der Waals surface area contributed by atoms with Crippen LogP contribution in [0.4, 0.5) is 0 Å². The van der Waals surface area contributed by atoms with E-state index in [1.54, 1.807) is 12.3 Å². The number of rotatable bonds is 7. The van der Waals surface area contributed by atoms with E-state index >= 15 is 0 Å². The van der Waals surface area contributed by atoms with Gasteiger partial charge in [0.25, 0.3) is 0 Å². The van der Waals surface area contributed by atoms with Crippen LogP contribution < -0.4 is 5.14 Å². The second-order valence-electron chi connectivity index (χ2n) is 8.11. The predicted octanol–water partition coefficient (Wildman–Crippen LogP) is 4.50. The topological polar surface area (TPSA) is 102 Å². The molecule has 8 heteroatoms. The van der Waals surface area contributed by atoms with Crippen molar-refractivity contribution in [2.75, 3.05) is 0 Å². The third-order valence-electron chi connectivity index (χ3n) is 4.76. The number of nitrogens with zero attached hydrogens (tertiary/aromatic N) is 3. The molecular formula is C22H26N4O2S2. The summed E-state index contributed by atoms with van der Waals surface area (Å²) in [5, 5.41) is 15.2. The molecule has 0 spiro atoms. The normalized spacial score (nSPS) is 11.9. The fourth-order valence-corrected chi connectivity index (χ4v) is 5.85. The van der Waals surface area contributed by atoms with Gasteiger partial charge in [-0.3, -0.25) is 0 Å². The van der Waals surface area contributed by atoms with Gasteiger partial charge in [0.05, 0.1) is 18.2 Å². The van der Waals surface area contributed by atoms with Gasteiger partial charge in [-0.25, -0.2) is 18.5 Å². The quantitative estimate of drug-likeness (QED) is 0.582. The summed E-state index contributed by atoms with van der Waals surface area (Å²) in [6, 6.07) is 9.62. The van der Waals surface area contributed by atoms with Crippen molar-refractivity contribution in [2.45, 2.75) is 50.8 Å². The van der Waals surface area contributed by atoms with Crippen LogP contribution in [0.5, 0.6) is 0 Å². The Morgan fingerprint density at radius 2 is 1.97 bits per heavy atom. The SMILES string of the molecule is CC(C)Cc1cc(-c2ccc(Cn3ccnc3C(C)C)c(C#N)c2)c(S(N)(=O)=O)s1. The van der Waals surface area contributed by atoms with Crippen molar-refractivity contribution in [1.82, 2.24) is 9.55 Å². The van der Waals surface area contributed by atoms with Crippen molar-refractivity contribution in [3.05, 3.63) is 58.5 Å².